The highest BCUT2D eigenvalue weighted by Gasteiger charge is 2.17. The maximum atomic E-state index is 5.80. The lowest BCUT2D eigenvalue weighted by Crippen LogP contribution is -2.16. The fourth-order valence-corrected chi connectivity index (χ4v) is 2.67. The van der Waals surface area contributed by atoms with E-state index in [1.807, 2.05) is 0 Å². The second kappa shape index (κ2) is 6.20. The fraction of sp³-hybridized carbons (Fsp3) is 0.692. The molecule has 17 heavy (non-hydrogen) atoms. The van der Waals surface area contributed by atoms with Crippen molar-refractivity contribution >= 4 is 17.4 Å². The van der Waals surface area contributed by atoms with Crippen molar-refractivity contribution in [1.29, 1.82) is 0 Å². The van der Waals surface area contributed by atoms with E-state index in [0.29, 0.717) is 5.92 Å². The second-order valence-corrected chi connectivity index (χ2v) is 5.01. The number of fused-ring (bicyclic) bond motifs is 1. The summed E-state index contributed by atoms with van der Waals surface area (Å²) >= 11 is 5.80. The molecular weight excluding hydrogens is 234 g/mol. The van der Waals surface area contributed by atoms with Gasteiger partial charge < -0.3 is 5.32 Å². The first-order valence-corrected chi connectivity index (χ1v) is 7.01. The van der Waals surface area contributed by atoms with Crippen LogP contribution in [0.5, 0.6) is 0 Å². The van der Waals surface area contributed by atoms with Crippen LogP contribution >= 0.6 is 11.6 Å². The van der Waals surface area contributed by atoms with Crippen LogP contribution in [0.25, 0.3) is 0 Å². The molecule has 0 bridgehead atoms. The van der Waals surface area contributed by atoms with Crippen molar-refractivity contribution in [2.45, 2.75) is 39.0 Å². The topological polar surface area (TPSA) is 37.8 Å². The number of nitrogens with one attached hydrogen (secondary N) is 1. The van der Waals surface area contributed by atoms with Crippen molar-refractivity contribution in [3.05, 3.63) is 17.6 Å². The molecule has 0 saturated carbocycles. The van der Waals surface area contributed by atoms with Crippen LogP contribution < -0.4 is 5.32 Å². The third-order valence-corrected chi connectivity index (χ3v) is 3.75. The smallest absolute Gasteiger partial charge is 0.132 e. The molecule has 0 aliphatic heterocycles. The Bertz CT molecular complexity index is 368. The lowest BCUT2D eigenvalue weighted by atomic mass is 10.0. The van der Waals surface area contributed by atoms with Gasteiger partial charge in [0.2, 0.25) is 0 Å². The van der Waals surface area contributed by atoms with E-state index in [9.17, 15) is 0 Å². The number of halogens is 1. The van der Waals surface area contributed by atoms with E-state index in [0.717, 1.165) is 43.9 Å². The molecule has 3 nitrogen and oxygen atoms in total. The summed E-state index contributed by atoms with van der Waals surface area (Å²) in [7, 11) is 0. The van der Waals surface area contributed by atoms with E-state index in [4.69, 9.17) is 11.6 Å². The summed E-state index contributed by atoms with van der Waals surface area (Å²) in [6.45, 7) is 3.18. The summed E-state index contributed by atoms with van der Waals surface area (Å²) in [5.41, 5.74) is 2.56. The van der Waals surface area contributed by atoms with Crippen LogP contribution in [-0.2, 0) is 12.8 Å². The molecule has 1 atom stereocenters. The molecule has 1 heterocycles. The number of aromatic nitrogens is 2. The number of hydrogen-bond donors (Lipinski definition) is 1. The lowest BCUT2D eigenvalue weighted by Gasteiger charge is -2.16. The summed E-state index contributed by atoms with van der Waals surface area (Å²) < 4.78 is 0. The number of aryl methyl sites for hydroxylation is 1. The Morgan fingerprint density at radius 2 is 2.29 bits per heavy atom. The number of nitrogens with zero attached hydrogens (tertiary/aromatic N) is 2. The van der Waals surface area contributed by atoms with E-state index in [-0.39, 0.29) is 0 Å². The fourth-order valence-electron chi connectivity index (χ4n) is 2.36. The second-order valence-electron chi connectivity index (χ2n) is 4.63. The maximum Gasteiger partial charge on any atom is 0.132 e. The molecule has 0 aromatic carbocycles. The Morgan fingerprint density at radius 3 is 3.06 bits per heavy atom. The van der Waals surface area contributed by atoms with Crippen molar-refractivity contribution in [3.8, 4) is 0 Å². The van der Waals surface area contributed by atoms with Gasteiger partial charge in [0.05, 0.1) is 0 Å². The molecule has 0 saturated heterocycles. The van der Waals surface area contributed by atoms with Crippen molar-refractivity contribution in [3.63, 3.8) is 0 Å². The van der Waals surface area contributed by atoms with Gasteiger partial charge in [-0.3, -0.25) is 0 Å². The molecule has 0 spiro atoms. The van der Waals surface area contributed by atoms with Gasteiger partial charge in [-0.25, -0.2) is 9.97 Å². The molecule has 4 heteroatoms. The van der Waals surface area contributed by atoms with Crippen molar-refractivity contribution in [2.75, 3.05) is 17.7 Å². The van der Waals surface area contributed by atoms with E-state index < -0.39 is 0 Å². The highest BCUT2D eigenvalue weighted by molar-refractivity contribution is 6.17. The van der Waals surface area contributed by atoms with E-state index in [1.54, 1.807) is 6.33 Å². The predicted octanol–water partition coefficient (Wildman–Crippen LogP) is 3.03. The van der Waals surface area contributed by atoms with Crippen LogP contribution in [0.4, 0.5) is 5.82 Å². The highest BCUT2D eigenvalue weighted by Crippen LogP contribution is 2.25. The predicted molar refractivity (Wildman–Crippen MR) is 71.7 cm³/mol. The molecule has 1 aromatic rings. The van der Waals surface area contributed by atoms with E-state index in [1.165, 1.54) is 17.7 Å². The molecule has 0 fully saturated rings. The largest absolute Gasteiger partial charge is 0.369 e. The minimum atomic E-state index is 0.638. The molecular formula is C13H20ClN3. The van der Waals surface area contributed by atoms with Crippen molar-refractivity contribution < 1.29 is 0 Å². The van der Waals surface area contributed by atoms with Crippen LogP contribution in [0.15, 0.2) is 6.33 Å². The van der Waals surface area contributed by atoms with Gasteiger partial charge in [0.1, 0.15) is 12.1 Å². The molecule has 1 unspecified atom stereocenters. The van der Waals surface area contributed by atoms with E-state index >= 15 is 0 Å². The number of alkyl halides is 1. The third kappa shape index (κ3) is 3.09. The average molecular weight is 254 g/mol. The summed E-state index contributed by atoms with van der Waals surface area (Å²) in [5, 5.41) is 3.47. The Morgan fingerprint density at radius 1 is 1.41 bits per heavy atom. The molecule has 1 N–H and O–H groups in total. The first-order chi connectivity index (χ1) is 8.35. The highest BCUT2D eigenvalue weighted by atomic mass is 35.5. The van der Waals surface area contributed by atoms with Gasteiger partial charge in [-0.2, -0.15) is 0 Å². The van der Waals surface area contributed by atoms with Crippen LogP contribution in [0.3, 0.4) is 0 Å². The van der Waals surface area contributed by atoms with Gasteiger partial charge >= 0.3 is 0 Å². The Balaban J connectivity index is 1.97. The van der Waals surface area contributed by atoms with E-state index in [2.05, 4.69) is 22.2 Å². The quantitative estimate of drug-likeness (QED) is 0.792. The number of anilines is 1. The first-order valence-electron chi connectivity index (χ1n) is 6.47. The van der Waals surface area contributed by atoms with Crippen molar-refractivity contribution in [1.82, 2.24) is 9.97 Å². The molecule has 0 amide bonds. The SMILES string of the molecule is CCC(CCCl)CNc1ncnc2c1CCC2. The molecule has 0 radical (unpaired) electrons. The zero-order valence-corrected chi connectivity index (χ0v) is 11.1. The van der Waals surface area contributed by atoms with Crippen LogP contribution in [0.1, 0.15) is 37.4 Å². The Labute approximate surface area is 108 Å². The Kier molecular flexibility index (Phi) is 4.60. The summed E-state index contributed by atoms with van der Waals surface area (Å²) in [4.78, 5) is 8.69. The number of rotatable bonds is 6. The van der Waals surface area contributed by atoms with Crippen LogP contribution in [0.2, 0.25) is 0 Å². The standard InChI is InChI=1S/C13H20ClN3/c1-2-10(6-7-14)8-15-13-11-4-3-5-12(11)16-9-17-13/h9-10H,2-8H2,1H3,(H,15,16,17). The minimum absolute atomic E-state index is 0.638. The van der Waals surface area contributed by atoms with Crippen LogP contribution in [-0.4, -0.2) is 22.4 Å². The summed E-state index contributed by atoms with van der Waals surface area (Å²) in [5.74, 6) is 2.42. The number of hydrogen-bond acceptors (Lipinski definition) is 3. The molecule has 94 valence electrons. The molecule has 1 aromatic heterocycles. The van der Waals surface area contributed by atoms with Gasteiger partial charge in [0, 0.05) is 23.7 Å². The normalized spacial score (nSPS) is 15.6. The van der Waals surface area contributed by atoms with Gasteiger partial charge in [-0.05, 0) is 31.6 Å². The zero-order chi connectivity index (χ0) is 12.1. The van der Waals surface area contributed by atoms with Crippen LogP contribution in [0, 0.1) is 5.92 Å². The molecule has 1 aliphatic rings. The van der Waals surface area contributed by atoms with Gasteiger partial charge in [-0.1, -0.05) is 13.3 Å². The summed E-state index contributed by atoms with van der Waals surface area (Å²) in [6, 6.07) is 0. The zero-order valence-electron chi connectivity index (χ0n) is 10.4. The average Bonchev–Trinajstić information content (AvgIpc) is 2.83. The third-order valence-electron chi connectivity index (χ3n) is 3.53. The molecule has 1 aliphatic carbocycles. The maximum absolute atomic E-state index is 5.80. The lowest BCUT2D eigenvalue weighted by molar-refractivity contribution is 0.521. The summed E-state index contributed by atoms with van der Waals surface area (Å²) in [6.07, 6.45) is 7.33. The van der Waals surface area contributed by atoms with Gasteiger partial charge in [0.15, 0.2) is 0 Å². The monoisotopic (exact) mass is 253 g/mol. The van der Waals surface area contributed by atoms with Crippen molar-refractivity contribution in [2.24, 2.45) is 5.92 Å². The Hall–Kier alpha value is -0.830. The minimum Gasteiger partial charge on any atom is -0.369 e. The van der Waals surface area contributed by atoms with Gasteiger partial charge in [0.25, 0.3) is 0 Å². The molecule has 2 rings (SSSR count). The first kappa shape index (κ1) is 12.6. The van der Waals surface area contributed by atoms with Gasteiger partial charge in [-0.15, -0.1) is 11.6 Å².